The maximum atomic E-state index is 13.5. The molecule has 31 heavy (non-hydrogen) atoms. The molecule has 0 bridgehead atoms. The van der Waals surface area contributed by atoms with E-state index in [1.54, 1.807) is 30.2 Å². The third kappa shape index (κ3) is 3.69. The van der Waals surface area contributed by atoms with E-state index in [1.807, 2.05) is 36.4 Å². The van der Waals surface area contributed by atoms with Crippen molar-refractivity contribution >= 4 is 22.7 Å². The predicted molar refractivity (Wildman–Crippen MR) is 117 cm³/mol. The number of carbonyl (C=O) groups is 2. The molecule has 1 aromatic heterocycles. The van der Waals surface area contributed by atoms with Gasteiger partial charge in [-0.1, -0.05) is 56.2 Å². The van der Waals surface area contributed by atoms with Crippen LogP contribution in [0.2, 0.25) is 0 Å². The van der Waals surface area contributed by atoms with E-state index >= 15 is 0 Å². The summed E-state index contributed by atoms with van der Waals surface area (Å²) in [5, 5.41) is 11.6. The number of aliphatic hydroxyl groups excluding tert-OH is 1. The first-order valence-electron chi connectivity index (χ1n) is 10.5. The quantitative estimate of drug-likeness (QED) is 0.400. The number of ether oxygens (including phenoxy) is 1. The zero-order valence-corrected chi connectivity index (χ0v) is 17.6. The van der Waals surface area contributed by atoms with E-state index in [1.165, 1.54) is 0 Å². The minimum Gasteiger partial charge on any atom is -0.503 e. The SMILES string of the molecule is CCCCCN1C(=O)C(O)=C(C(=O)c2cc3ccccc3o2)C1c1ccccc1OC. The van der Waals surface area contributed by atoms with Crippen molar-refractivity contribution in [1.29, 1.82) is 0 Å². The fraction of sp³-hybridized carbons (Fsp3) is 0.280. The molecule has 0 spiro atoms. The maximum absolute atomic E-state index is 13.5. The number of para-hydroxylation sites is 2. The number of benzene rings is 2. The van der Waals surface area contributed by atoms with Crippen molar-refractivity contribution in [3.63, 3.8) is 0 Å². The van der Waals surface area contributed by atoms with Crippen LogP contribution in [0.15, 0.2) is 70.3 Å². The van der Waals surface area contributed by atoms with Crippen LogP contribution >= 0.6 is 0 Å². The molecular formula is C25H25NO5. The Bertz CT molecular complexity index is 1130. The second-order valence-electron chi connectivity index (χ2n) is 7.59. The topological polar surface area (TPSA) is 80.0 Å². The number of Topliss-reactive ketones (excluding diaryl/α,β-unsaturated/α-hetero) is 1. The van der Waals surface area contributed by atoms with Crippen LogP contribution in [0, 0.1) is 0 Å². The number of hydrogen-bond acceptors (Lipinski definition) is 5. The number of nitrogens with zero attached hydrogens (tertiary/aromatic N) is 1. The Hall–Kier alpha value is -3.54. The van der Waals surface area contributed by atoms with Crippen LogP contribution in [-0.4, -0.2) is 35.4 Å². The number of fused-ring (bicyclic) bond motifs is 1. The average molecular weight is 419 g/mol. The molecule has 6 nitrogen and oxygen atoms in total. The van der Waals surface area contributed by atoms with Crippen molar-refractivity contribution in [3.05, 3.63) is 77.3 Å². The van der Waals surface area contributed by atoms with Gasteiger partial charge < -0.3 is 19.2 Å². The van der Waals surface area contributed by atoms with E-state index in [0.29, 0.717) is 23.4 Å². The predicted octanol–water partition coefficient (Wildman–Crippen LogP) is 5.21. The molecule has 1 atom stereocenters. The Kier molecular flexibility index (Phi) is 5.80. The van der Waals surface area contributed by atoms with Gasteiger partial charge in [0.15, 0.2) is 11.5 Å². The van der Waals surface area contributed by atoms with Crippen LogP contribution in [0.3, 0.4) is 0 Å². The maximum Gasteiger partial charge on any atom is 0.290 e. The summed E-state index contributed by atoms with van der Waals surface area (Å²) in [6.07, 6.45) is 2.70. The third-order valence-electron chi connectivity index (χ3n) is 5.63. The first-order valence-corrected chi connectivity index (χ1v) is 10.5. The van der Waals surface area contributed by atoms with E-state index in [4.69, 9.17) is 9.15 Å². The molecule has 0 aliphatic carbocycles. The van der Waals surface area contributed by atoms with E-state index < -0.39 is 23.5 Å². The first-order chi connectivity index (χ1) is 15.1. The molecule has 0 fully saturated rings. The summed E-state index contributed by atoms with van der Waals surface area (Å²) < 4.78 is 11.3. The zero-order chi connectivity index (χ0) is 22.0. The summed E-state index contributed by atoms with van der Waals surface area (Å²) in [7, 11) is 1.54. The lowest BCUT2D eigenvalue weighted by atomic mass is 9.94. The van der Waals surface area contributed by atoms with E-state index in [-0.39, 0.29) is 11.3 Å². The van der Waals surface area contributed by atoms with Gasteiger partial charge in [-0.3, -0.25) is 9.59 Å². The molecule has 2 heterocycles. The minimum atomic E-state index is -0.749. The summed E-state index contributed by atoms with van der Waals surface area (Å²) in [5.41, 5.74) is 1.24. The highest BCUT2D eigenvalue weighted by atomic mass is 16.5. The van der Waals surface area contributed by atoms with Crippen molar-refractivity contribution in [2.24, 2.45) is 0 Å². The van der Waals surface area contributed by atoms with Gasteiger partial charge in [-0.05, 0) is 24.6 Å². The Balaban J connectivity index is 1.80. The van der Waals surface area contributed by atoms with Crippen molar-refractivity contribution in [3.8, 4) is 5.75 Å². The largest absolute Gasteiger partial charge is 0.503 e. The minimum absolute atomic E-state index is 0.0186. The highest BCUT2D eigenvalue weighted by molar-refractivity contribution is 6.16. The standard InChI is InChI=1S/C25H25NO5/c1-3-4-9-14-26-22(17-11-6-8-13-19(17)30-2)21(24(28)25(26)29)23(27)20-15-16-10-5-7-12-18(16)31-20/h5-8,10-13,15,22,28H,3-4,9,14H2,1-2H3. The van der Waals surface area contributed by atoms with Crippen molar-refractivity contribution in [2.45, 2.75) is 32.2 Å². The van der Waals surface area contributed by atoms with E-state index in [2.05, 4.69) is 6.92 Å². The number of ketones is 1. The Morgan fingerprint density at radius 1 is 1.13 bits per heavy atom. The van der Waals surface area contributed by atoms with Crippen LogP contribution in [0.25, 0.3) is 11.0 Å². The summed E-state index contributed by atoms with van der Waals surface area (Å²) in [4.78, 5) is 28.1. The number of aliphatic hydroxyl groups is 1. The highest BCUT2D eigenvalue weighted by Gasteiger charge is 2.45. The summed E-state index contributed by atoms with van der Waals surface area (Å²) in [5.74, 6) is -0.948. The van der Waals surface area contributed by atoms with Gasteiger partial charge in [0.1, 0.15) is 11.3 Å². The lowest BCUT2D eigenvalue weighted by Crippen LogP contribution is -2.32. The molecule has 1 N–H and O–H groups in total. The smallest absolute Gasteiger partial charge is 0.290 e. The molecular weight excluding hydrogens is 394 g/mol. The van der Waals surface area contributed by atoms with Gasteiger partial charge in [0, 0.05) is 17.5 Å². The van der Waals surface area contributed by atoms with Gasteiger partial charge in [0.25, 0.3) is 5.91 Å². The molecule has 160 valence electrons. The molecule has 3 aromatic rings. The Morgan fingerprint density at radius 3 is 2.61 bits per heavy atom. The molecule has 4 rings (SSSR count). The molecule has 0 saturated heterocycles. The van der Waals surface area contributed by atoms with Gasteiger partial charge in [-0.2, -0.15) is 0 Å². The fourth-order valence-electron chi connectivity index (χ4n) is 4.09. The third-order valence-corrected chi connectivity index (χ3v) is 5.63. The summed E-state index contributed by atoms with van der Waals surface area (Å²) in [6.45, 7) is 2.51. The van der Waals surface area contributed by atoms with Crippen molar-refractivity contribution < 1.29 is 23.8 Å². The average Bonchev–Trinajstić information content (AvgIpc) is 3.33. The van der Waals surface area contributed by atoms with Gasteiger partial charge in [-0.25, -0.2) is 0 Å². The first kappa shape index (κ1) is 20.7. The number of unbranched alkanes of at least 4 members (excludes halogenated alkanes) is 2. The fourth-order valence-corrected chi connectivity index (χ4v) is 4.09. The molecule has 6 heteroatoms. The zero-order valence-electron chi connectivity index (χ0n) is 17.6. The molecule has 1 aliphatic heterocycles. The number of amides is 1. The van der Waals surface area contributed by atoms with Gasteiger partial charge in [-0.15, -0.1) is 0 Å². The van der Waals surface area contributed by atoms with Crippen LogP contribution in [0.1, 0.15) is 48.3 Å². The molecule has 1 unspecified atom stereocenters. The molecule has 0 radical (unpaired) electrons. The van der Waals surface area contributed by atoms with Gasteiger partial charge in [0.2, 0.25) is 5.78 Å². The lowest BCUT2D eigenvalue weighted by molar-refractivity contribution is -0.129. The number of carbonyl (C=O) groups excluding carboxylic acids is 2. The van der Waals surface area contributed by atoms with Gasteiger partial charge in [0.05, 0.1) is 18.7 Å². The molecule has 1 aliphatic rings. The van der Waals surface area contributed by atoms with E-state index in [0.717, 1.165) is 24.6 Å². The van der Waals surface area contributed by atoms with Crippen molar-refractivity contribution in [2.75, 3.05) is 13.7 Å². The number of furan rings is 1. The number of rotatable bonds is 8. The monoisotopic (exact) mass is 419 g/mol. The number of hydrogen-bond donors (Lipinski definition) is 1. The second kappa shape index (κ2) is 8.68. The lowest BCUT2D eigenvalue weighted by Gasteiger charge is -2.27. The normalized spacial score (nSPS) is 16.4. The molecule has 2 aromatic carbocycles. The molecule has 0 saturated carbocycles. The van der Waals surface area contributed by atoms with Crippen LogP contribution in [-0.2, 0) is 4.79 Å². The van der Waals surface area contributed by atoms with Crippen LogP contribution in [0.5, 0.6) is 5.75 Å². The summed E-state index contributed by atoms with van der Waals surface area (Å²) in [6, 6.07) is 15.4. The Labute approximate surface area is 180 Å². The van der Waals surface area contributed by atoms with Crippen LogP contribution < -0.4 is 4.74 Å². The molecule has 1 amide bonds. The number of methoxy groups -OCH3 is 1. The Morgan fingerprint density at radius 2 is 1.87 bits per heavy atom. The van der Waals surface area contributed by atoms with Crippen LogP contribution in [0.4, 0.5) is 0 Å². The van der Waals surface area contributed by atoms with Crippen molar-refractivity contribution in [1.82, 2.24) is 4.90 Å². The van der Waals surface area contributed by atoms with Gasteiger partial charge >= 0.3 is 0 Å². The highest BCUT2D eigenvalue weighted by Crippen LogP contribution is 2.42. The second-order valence-corrected chi connectivity index (χ2v) is 7.59. The summed E-state index contributed by atoms with van der Waals surface area (Å²) >= 11 is 0. The van der Waals surface area contributed by atoms with E-state index in [9.17, 15) is 14.7 Å².